The molecule has 0 radical (unpaired) electrons. The number of nitrogens with zero attached hydrogens (tertiary/aromatic N) is 3. The van der Waals surface area contributed by atoms with Gasteiger partial charge in [-0.1, -0.05) is 103 Å². The normalized spacial score (nSPS) is 11.3. The lowest BCUT2D eigenvalue weighted by molar-refractivity contribution is 0.584. The number of rotatable bonds is 4. The van der Waals surface area contributed by atoms with Crippen LogP contribution in [0, 0.1) is 5.82 Å². The zero-order valence-corrected chi connectivity index (χ0v) is 20.2. The van der Waals surface area contributed by atoms with Crippen LogP contribution in [0.2, 0.25) is 0 Å². The average Bonchev–Trinajstić information content (AvgIpc) is 3.38. The van der Waals surface area contributed by atoms with E-state index < -0.39 is 5.82 Å². The molecule has 4 nitrogen and oxygen atoms in total. The Morgan fingerprint density at radius 2 is 1.05 bits per heavy atom. The third-order valence-electron chi connectivity index (χ3n) is 6.60. The van der Waals surface area contributed by atoms with Crippen molar-refractivity contribution >= 4 is 21.9 Å². The molecule has 7 rings (SSSR count). The number of hydrogen-bond acceptors (Lipinski definition) is 4. The van der Waals surface area contributed by atoms with Crippen molar-refractivity contribution in [3.63, 3.8) is 0 Å². The van der Waals surface area contributed by atoms with Gasteiger partial charge in [0.2, 0.25) is 0 Å². The molecular formula is C33H20FN3O. The molecule has 0 amide bonds. The smallest absolute Gasteiger partial charge is 0.171 e. The molecule has 5 heteroatoms. The maximum Gasteiger partial charge on any atom is 0.171 e. The molecule has 0 aliphatic heterocycles. The zero-order valence-electron chi connectivity index (χ0n) is 20.2. The number of furan rings is 1. The Morgan fingerprint density at radius 1 is 0.500 bits per heavy atom. The van der Waals surface area contributed by atoms with Crippen LogP contribution in [0.1, 0.15) is 0 Å². The van der Waals surface area contributed by atoms with Gasteiger partial charge in [-0.2, -0.15) is 0 Å². The van der Waals surface area contributed by atoms with Crippen LogP contribution in [0.4, 0.5) is 4.39 Å². The molecule has 0 atom stereocenters. The number of halogens is 1. The molecule has 0 saturated heterocycles. The van der Waals surface area contributed by atoms with Crippen LogP contribution in [0.15, 0.2) is 126 Å². The van der Waals surface area contributed by atoms with Gasteiger partial charge < -0.3 is 4.42 Å². The summed E-state index contributed by atoms with van der Waals surface area (Å²) in [5.74, 6) is 1.21. The highest BCUT2D eigenvalue weighted by molar-refractivity contribution is 6.13. The Labute approximate surface area is 218 Å². The summed E-state index contributed by atoms with van der Waals surface area (Å²) in [6.07, 6.45) is 0. The predicted molar refractivity (Wildman–Crippen MR) is 149 cm³/mol. The van der Waals surface area contributed by atoms with Crippen molar-refractivity contribution in [2.45, 2.75) is 0 Å². The van der Waals surface area contributed by atoms with Crippen molar-refractivity contribution in [2.24, 2.45) is 0 Å². The van der Waals surface area contributed by atoms with Crippen molar-refractivity contribution in [1.82, 2.24) is 15.0 Å². The molecule has 0 fully saturated rings. The van der Waals surface area contributed by atoms with E-state index in [-0.39, 0.29) is 5.58 Å². The molecular weight excluding hydrogens is 473 g/mol. The number of aromatic nitrogens is 3. The highest BCUT2D eigenvalue weighted by atomic mass is 19.1. The molecule has 5 aromatic carbocycles. The molecule has 0 spiro atoms. The summed E-state index contributed by atoms with van der Waals surface area (Å²) < 4.78 is 20.9. The van der Waals surface area contributed by atoms with E-state index in [1.807, 2.05) is 103 Å². The summed E-state index contributed by atoms with van der Waals surface area (Å²) in [7, 11) is 0. The maximum absolute atomic E-state index is 14.8. The minimum Gasteiger partial charge on any atom is -0.453 e. The fourth-order valence-corrected chi connectivity index (χ4v) is 4.80. The van der Waals surface area contributed by atoms with Crippen LogP contribution in [-0.4, -0.2) is 15.0 Å². The van der Waals surface area contributed by atoms with Crippen LogP contribution in [-0.2, 0) is 0 Å². The second-order valence-corrected chi connectivity index (χ2v) is 9.02. The van der Waals surface area contributed by atoms with Gasteiger partial charge in [0.15, 0.2) is 28.9 Å². The van der Waals surface area contributed by atoms with E-state index in [1.165, 1.54) is 6.07 Å². The van der Waals surface area contributed by atoms with E-state index in [2.05, 4.69) is 6.07 Å². The quantitative estimate of drug-likeness (QED) is 0.246. The van der Waals surface area contributed by atoms with E-state index in [0.717, 1.165) is 33.2 Å². The van der Waals surface area contributed by atoms with Crippen LogP contribution in [0.25, 0.3) is 67.2 Å². The number of fused-ring (bicyclic) bond motifs is 3. The van der Waals surface area contributed by atoms with Crippen molar-refractivity contribution in [3.05, 3.63) is 127 Å². The summed E-state index contributed by atoms with van der Waals surface area (Å²) in [6.45, 7) is 0. The van der Waals surface area contributed by atoms with Gasteiger partial charge in [-0.3, -0.25) is 0 Å². The predicted octanol–water partition coefficient (Wildman–Crippen LogP) is 8.58. The fraction of sp³-hybridized carbons (Fsp3) is 0. The second-order valence-electron chi connectivity index (χ2n) is 9.02. The van der Waals surface area contributed by atoms with E-state index in [0.29, 0.717) is 28.4 Å². The third-order valence-corrected chi connectivity index (χ3v) is 6.60. The van der Waals surface area contributed by atoms with Gasteiger partial charge in [0.05, 0.1) is 0 Å². The average molecular weight is 494 g/mol. The number of hydrogen-bond donors (Lipinski definition) is 0. The Kier molecular flexibility index (Phi) is 5.26. The van der Waals surface area contributed by atoms with Crippen LogP contribution >= 0.6 is 0 Å². The molecule has 0 N–H and O–H groups in total. The lowest BCUT2D eigenvalue weighted by Gasteiger charge is -2.11. The molecule has 38 heavy (non-hydrogen) atoms. The summed E-state index contributed by atoms with van der Waals surface area (Å²) >= 11 is 0. The fourth-order valence-electron chi connectivity index (χ4n) is 4.80. The van der Waals surface area contributed by atoms with Crippen molar-refractivity contribution in [2.75, 3.05) is 0 Å². The minimum atomic E-state index is -0.406. The molecule has 0 unspecified atom stereocenters. The largest absolute Gasteiger partial charge is 0.453 e. The van der Waals surface area contributed by atoms with Crippen molar-refractivity contribution in [1.29, 1.82) is 0 Å². The highest BCUT2D eigenvalue weighted by Gasteiger charge is 2.20. The van der Waals surface area contributed by atoms with Crippen molar-refractivity contribution in [3.8, 4) is 45.3 Å². The Hall–Kier alpha value is -5.16. The van der Waals surface area contributed by atoms with E-state index in [1.54, 1.807) is 6.07 Å². The van der Waals surface area contributed by atoms with Crippen molar-refractivity contribution < 1.29 is 8.81 Å². The Bertz CT molecular complexity index is 1860. The molecule has 0 aliphatic rings. The summed E-state index contributed by atoms with van der Waals surface area (Å²) in [5, 5.41) is 1.45. The summed E-state index contributed by atoms with van der Waals surface area (Å²) in [6, 6.07) is 38.7. The van der Waals surface area contributed by atoms with Gasteiger partial charge in [0.25, 0.3) is 0 Å². The first kappa shape index (κ1) is 22.1. The molecule has 0 aliphatic carbocycles. The SMILES string of the molecule is Fc1cccc2c1oc1cc(-c3ccccc3)cc(-c3nc(-c4ccccc4)nc(-c4ccccc4)n3)c12. The standard InChI is InChI=1S/C33H20FN3O/c34-27-18-10-17-25-29-26(19-24(20-28(29)38-30(25)27)21-11-4-1-5-12-21)33-36-31(22-13-6-2-7-14-22)35-32(37-33)23-15-8-3-9-16-23/h1-20H. The minimum absolute atomic E-state index is 0.217. The molecule has 0 saturated carbocycles. The summed E-state index contributed by atoms with van der Waals surface area (Å²) in [5.41, 5.74) is 5.24. The van der Waals surface area contributed by atoms with E-state index in [4.69, 9.17) is 19.4 Å². The highest BCUT2D eigenvalue weighted by Crippen LogP contribution is 2.40. The summed E-state index contributed by atoms with van der Waals surface area (Å²) in [4.78, 5) is 14.7. The van der Waals surface area contributed by atoms with Gasteiger partial charge in [-0.25, -0.2) is 19.3 Å². The Balaban J connectivity index is 1.57. The lowest BCUT2D eigenvalue weighted by atomic mass is 9.98. The van der Waals surface area contributed by atoms with Gasteiger partial charge in [0.1, 0.15) is 5.58 Å². The third kappa shape index (κ3) is 3.82. The number of para-hydroxylation sites is 1. The zero-order chi connectivity index (χ0) is 25.5. The number of benzene rings is 5. The van der Waals surface area contributed by atoms with Gasteiger partial charge in [-0.05, 0) is 29.3 Å². The van der Waals surface area contributed by atoms with E-state index >= 15 is 0 Å². The van der Waals surface area contributed by atoms with Gasteiger partial charge in [0, 0.05) is 27.5 Å². The first-order valence-corrected chi connectivity index (χ1v) is 12.3. The monoisotopic (exact) mass is 493 g/mol. The first-order chi connectivity index (χ1) is 18.7. The molecule has 180 valence electrons. The topological polar surface area (TPSA) is 51.8 Å². The van der Waals surface area contributed by atoms with Crippen LogP contribution in [0.3, 0.4) is 0 Å². The molecule has 2 aromatic heterocycles. The lowest BCUT2D eigenvalue weighted by Crippen LogP contribution is -2.00. The van der Waals surface area contributed by atoms with Gasteiger partial charge >= 0.3 is 0 Å². The molecule has 7 aromatic rings. The maximum atomic E-state index is 14.8. The van der Waals surface area contributed by atoms with Crippen LogP contribution < -0.4 is 0 Å². The molecule has 2 heterocycles. The Morgan fingerprint density at radius 3 is 1.66 bits per heavy atom. The van der Waals surface area contributed by atoms with Gasteiger partial charge in [-0.15, -0.1) is 0 Å². The first-order valence-electron chi connectivity index (χ1n) is 12.3. The second kappa shape index (κ2) is 9.05. The van der Waals surface area contributed by atoms with E-state index in [9.17, 15) is 4.39 Å². The van der Waals surface area contributed by atoms with Crippen LogP contribution in [0.5, 0.6) is 0 Å². The molecule has 0 bridgehead atoms.